The lowest BCUT2D eigenvalue weighted by Gasteiger charge is -2.31. The van der Waals surface area contributed by atoms with E-state index in [1.165, 1.54) is 25.7 Å². The third-order valence-corrected chi connectivity index (χ3v) is 4.24. The molecule has 1 aromatic heterocycles. The molecule has 0 bridgehead atoms. The zero-order valence-electron chi connectivity index (χ0n) is 12.8. The van der Waals surface area contributed by atoms with Crippen molar-refractivity contribution in [2.75, 3.05) is 6.61 Å². The second-order valence-electron chi connectivity index (χ2n) is 5.94. The van der Waals surface area contributed by atoms with Crippen LogP contribution < -0.4 is 0 Å². The zero-order chi connectivity index (χ0) is 14.6. The van der Waals surface area contributed by atoms with E-state index in [9.17, 15) is 0 Å². The van der Waals surface area contributed by atoms with Crippen LogP contribution in [0.5, 0.6) is 0 Å². The van der Waals surface area contributed by atoms with E-state index in [1.54, 1.807) is 0 Å². The minimum atomic E-state index is -0.334. The zero-order valence-corrected chi connectivity index (χ0v) is 13.5. The molecular formula is C16H25ClN2O. The van der Waals surface area contributed by atoms with Gasteiger partial charge in [-0.15, -0.1) is 0 Å². The van der Waals surface area contributed by atoms with Gasteiger partial charge in [-0.1, -0.05) is 51.1 Å². The van der Waals surface area contributed by atoms with Gasteiger partial charge >= 0.3 is 0 Å². The van der Waals surface area contributed by atoms with E-state index in [2.05, 4.69) is 18.8 Å². The van der Waals surface area contributed by atoms with Crippen molar-refractivity contribution in [1.29, 1.82) is 0 Å². The maximum atomic E-state index is 6.21. The van der Waals surface area contributed by atoms with Crippen molar-refractivity contribution in [3.8, 4) is 0 Å². The molecule has 1 aliphatic carbocycles. The van der Waals surface area contributed by atoms with Crippen LogP contribution in [0.4, 0.5) is 0 Å². The molecule has 0 amide bonds. The molecule has 0 aliphatic heterocycles. The van der Waals surface area contributed by atoms with E-state index in [-0.39, 0.29) is 5.60 Å². The summed E-state index contributed by atoms with van der Waals surface area (Å²) in [4.78, 5) is 9.27. The first-order valence-corrected chi connectivity index (χ1v) is 8.14. The van der Waals surface area contributed by atoms with Gasteiger partial charge < -0.3 is 4.74 Å². The molecule has 1 aromatic rings. The molecule has 20 heavy (non-hydrogen) atoms. The van der Waals surface area contributed by atoms with Crippen molar-refractivity contribution >= 4 is 11.6 Å². The molecule has 0 radical (unpaired) electrons. The standard InChI is InChI=1S/C16H25ClN2O/c1-4-20-16(9-7-5-6-8-10-16)15-18-13(12(2)3)11-14(17)19-15/h11-12H,4-10H2,1-3H3. The van der Waals surface area contributed by atoms with Gasteiger partial charge in [0.15, 0.2) is 5.82 Å². The van der Waals surface area contributed by atoms with Crippen LogP contribution in [0.3, 0.4) is 0 Å². The van der Waals surface area contributed by atoms with Gasteiger partial charge in [0.05, 0.1) is 0 Å². The molecule has 1 fully saturated rings. The number of hydrogen-bond acceptors (Lipinski definition) is 3. The molecule has 1 saturated carbocycles. The predicted molar refractivity (Wildman–Crippen MR) is 82.1 cm³/mol. The summed E-state index contributed by atoms with van der Waals surface area (Å²) in [6.07, 6.45) is 6.88. The van der Waals surface area contributed by atoms with Crippen molar-refractivity contribution in [2.24, 2.45) is 0 Å². The highest BCUT2D eigenvalue weighted by atomic mass is 35.5. The first-order valence-electron chi connectivity index (χ1n) is 7.76. The average molecular weight is 297 g/mol. The molecule has 0 unspecified atom stereocenters. The summed E-state index contributed by atoms with van der Waals surface area (Å²) in [5.74, 6) is 1.14. The minimum absolute atomic E-state index is 0.334. The smallest absolute Gasteiger partial charge is 0.162 e. The second-order valence-corrected chi connectivity index (χ2v) is 6.32. The minimum Gasteiger partial charge on any atom is -0.367 e. The summed E-state index contributed by atoms with van der Waals surface area (Å²) in [5, 5.41) is 0.530. The van der Waals surface area contributed by atoms with Gasteiger partial charge in [0.2, 0.25) is 0 Å². The Morgan fingerprint density at radius 2 is 1.85 bits per heavy atom. The van der Waals surface area contributed by atoms with E-state index < -0.39 is 0 Å². The molecule has 1 aliphatic rings. The number of aromatic nitrogens is 2. The Morgan fingerprint density at radius 3 is 2.40 bits per heavy atom. The lowest BCUT2D eigenvalue weighted by atomic mass is 9.92. The van der Waals surface area contributed by atoms with Gasteiger partial charge in [-0.2, -0.15) is 0 Å². The maximum Gasteiger partial charge on any atom is 0.162 e. The van der Waals surface area contributed by atoms with Crippen LogP contribution in [-0.4, -0.2) is 16.6 Å². The molecule has 0 atom stereocenters. The summed E-state index contributed by atoms with van der Waals surface area (Å²) >= 11 is 6.21. The Morgan fingerprint density at radius 1 is 1.20 bits per heavy atom. The first kappa shape index (κ1) is 15.7. The van der Waals surface area contributed by atoms with Crippen LogP contribution >= 0.6 is 11.6 Å². The molecule has 2 rings (SSSR count). The monoisotopic (exact) mass is 296 g/mol. The highest BCUT2D eigenvalue weighted by Gasteiger charge is 2.37. The van der Waals surface area contributed by atoms with E-state index >= 15 is 0 Å². The Balaban J connectivity index is 2.42. The van der Waals surface area contributed by atoms with Gasteiger partial charge in [-0.05, 0) is 31.7 Å². The van der Waals surface area contributed by atoms with Crippen molar-refractivity contribution in [3.05, 3.63) is 22.7 Å². The number of halogens is 1. The summed E-state index contributed by atoms with van der Waals surface area (Å²) in [6, 6.07) is 1.87. The largest absolute Gasteiger partial charge is 0.367 e. The fraction of sp³-hybridized carbons (Fsp3) is 0.750. The van der Waals surface area contributed by atoms with Crippen LogP contribution in [0, 0.1) is 0 Å². The van der Waals surface area contributed by atoms with Gasteiger partial charge in [-0.25, -0.2) is 9.97 Å². The molecule has 0 aromatic carbocycles. The maximum absolute atomic E-state index is 6.21. The summed E-state index contributed by atoms with van der Waals surface area (Å²) in [6.45, 7) is 6.99. The van der Waals surface area contributed by atoms with E-state index in [0.29, 0.717) is 17.7 Å². The van der Waals surface area contributed by atoms with Crippen LogP contribution in [-0.2, 0) is 10.3 Å². The average Bonchev–Trinajstić information content (AvgIpc) is 2.65. The van der Waals surface area contributed by atoms with Crippen molar-refractivity contribution < 1.29 is 4.74 Å². The number of rotatable bonds is 4. The van der Waals surface area contributed by atoms with E-state index in [1.807, 2.05) is 13.0 Å². The third kappa shape index (κ3) is 3.50. The highest BCUT2D eigenvalue weighted by molar-refractivity contribution is 6.29. The number of nitrogens with zero attached hydrogens (tertiary/aromatic N) is 2. The second kappa shape index (κ2) is 6.86. The molecule has 1 heterocycles. The molecule has 112 valence electrons. The Labute approximate surface area is 127 Å². The molecule has 4 heteroatoms. The number of hydrogen-bond donors (Lipinski definition) is 0. The lowest BCUT2D eigenvalue weighted by Crippen LogP contribution is -2.32. The fourth-order valence-corrected chi connectivity index (χ4v) is 3.13. The summed E-state index contributed by atoms with van der Waals surface area (Å²) in [5.41, 5.74) is 0.670. The summed E-state index contributed by atoms with van der Waals surface area (Å²) in [7, 11) is 0. The highest BCUT2D eigenvalue weighted by Crippen LogP contribution is 2.38. The van der Waals surface area contributed by atoms with Crippen molar-refractivity contribution in [3.63, 3.8) is 0 Å². The van der Waals surface area contributed by atoms with Crippen LogP contribution in [0.25, 0.3) is 0 Å². The molecule has 0 spiro atoms. The Kier molecular flexibility index (Phi) is 5.39. The lowest BCUT2D eigenvalue weighted by molar-refractivity contribution is -0.0625. The van der Waals surface area contributed by atoms with Crippen molar-refractivity contribution in [1.82, 2.24) is 9.97 Å². The predicted octanol–water partition coefficient (Wildman–Crippen LogP) is 4.84. The number of ether oxygens (including phenoxy) is 1. The third-order valence-electron chi connectivity index (χ3n) is 4.05. The topological polar surface area (TPSA) is 35.0 Å². The van der Waals surface area contributed by atoms with Gasteiger partial charge in [-0.3, -0.25) is 0 Å². The Hall–Kier alpha value is -0.670. The molecule has 3 nitrogen and oxygen atoms in total. The van der Waals surface area contributed by atoms with Gasteiger partial charge in [0.1, 0.15) is 10.8 Å². The van der Waals surface area contributed by atoms with E-state index in [0.717, 1.165) is 24.4 Å². The summed E-state index contributed by atoms with van der Waals surface area (Å²) < 4.78 is 6.14. The van der Waals surface area contributed by atoms with Crippen LogP contribution in [0.2, 0.25) is 5.15 Å². The van der Waals surface area contributed by atoms with Gasteiger partial charge in [0, 0.05) is 12.3 Å². The Bertz CT molecular complexity index is 440. The van der Waals surface area contributed by atoms with Crippen molar-refractivity contribution in [2.45, 2.75) is 70.8 Å². The molecule has 0 saturated heterocycles. The van der Waals surface area contributed by atoms with Crippen LogP contribution in [0.1, 0.15) is 76.7 Å². The van der Waals surface area contributed by atoms with Gasteiger partial charge in [0.25, 0.3) is 0 Å². The molecular weight excluding hydrogens is 272 g/mol. The normalized spacial score (nSPS) is 19.1. The molecule has 0 N–H and O–H groups in total. The quantitative estimate of drug-likeness (QED) is 0.589. The SMILES string of the molecule is CCOC1(c2nc(Cl)cc(C(C)C)n2)CCCCCC1. The fourth-order valence-electron chi connectivity index (χ4n) is 2.94. The first-order chi connectivity index (χ1) is 9.57. The van der Waals surface area contributed by atoms with Crippen LogP contribution in [0.15, 0.2) is 6.07 Å². The van der Waals surface area contributed by atoms with E-state index in [4.69, 9.17) is 21.3 Å².